The molecule has 1 aliphatic heterocycles. The summed E-state index contributed by atoms with van der Waals surface area (Å²) in [5, 5.41) is 11.3. The van der Waals surface area contributed by atoms with Gasteiger partial charge in [0.2, 0.25) is 10.0 Å². The van der Waals surface area contributed by atoms with E-state index in [4.69, 9.17) is 27.9 Å². The quantitative estimate of drug-likeness (QED) is 0.394. The Balaban J connectivity index is 1.81. The maximum absolute atomic E-state index is 13.4. The monoisotopic (exact) mass is 487 g/mol. The summed E-state index contributed by atoms with van der Waals surface area (Å²) >= 11 is 12.2. The van der Waals surface area contributed by atoms with Crippen molar-refractivity contribution in [3.8, 4) is 0 Å². The van der Waals surface area contributed by atoms with Gasteiger partial charge in [-0.2, -0.15) is 4.31 Å². The molecule has 0 radical (unpaired) electrons. The van der Waals surface area contributed by atoms with E-state index in [0.29, 0.717) is 25.2 Å². The van der Waals surface area contributed by atoms with Crippen molar-refractivity contribution in [3.63, 3.8) is 0 Å². The Labute approximate surface area is 191 Å². The van der Waals surface area contributed by atoms with Crippen LogP contribution in [0.4, 0.5) is 5.69 Å². The Morgan fingerprint density at radius 2 is 1.77 bits per heavy atom. The highest BCUT2D eigenvalue weighted by atomic mass is 35.5. The summed E-state index contributed by atoms with van der Waals surface area (Å²) in [5.74, 6) is 0. The third-order valence-corrected chi connectivity index (χ3v) is 7.56. The Kier molecular flexibility index (Phi) is 8.26. The maximum atomic E-state index is 13.4. The molecule has 1 fully saturated rings. The molecule has 0 N–H and O–H groups in total. The first-order valence-corrected chi connectivity index (χ1v) is 12.0. The minimum Gasteiger partial charge on any atom is -0.379 e. The molecule has 1 aliphatic rings. The van der Waals surface area contributed by atoms with Crippen LogP contribution in [0.1, 0.15) is 12.0 Å². The Bertz CT molecular complexity index is 1010. The number of hydrogen-bond acceptors (Lipinski definition) is 6. The summed E-state index contributed by atoms with van der Waals surface area (Å²) in [4.78, 5) is 12.6. The Hall–Kier alpha value is -1.75. The number of halogens is 2. The van der Waals surface area contributed by atoms with E-state index in [2.05, 4.69) is 4.90 Å². The van der Waals surface area contributed by atoms with Crippen LogP contribution in [0.2, 0.25) is 10.0 Å². The number of morpholine rings is 1. The molecule has 0 aliphatic carbocycles. The highest BCUT2D eigenvalue weighted by Gasteiger charge is 2.27. The second-order valence-corrected chi connectivity index (χ2v) is 9.89. The molecule has 0 aromatic heterocycles. The van der Waals surface area contributed by atoms with Crippen LogP contribution in [-0.4, -0.2) is 61.9 Å². The summed E-state index contributed by atoms with van der Waals surface area (Å²) in [6.45, 7) is 4.03. The lowest BCUT2D eigenvalue weighted by atomic mass is 10.2. The predicted octanol–water partition coefficient (Wildman–Crippen LogP) is 3.81. The van der Waals surface area contributed by atoms with Crippen molar-refractivity contribution < 1.29 is 18.1 Å². The molecule has 0 amide bonds. The first kappa shape index (κ1) is 23.9. The number of sulfonamides is 1. The van der Waals surface area contributed by atoms with Crippen LogP contribution in [-0.2, 0) is 21.3 Å². The lowest BCUT2D eigenvalue weighted by molar-refractivity contribution is -0.384. The van der Waals surface area contributed by atoms with Crippen LogP contribution < -0.4 is 0 Å². The van der Waals surface area contributed by atoms with E-state index in [1.807, 2.05) is 0 Å². The van der Waals surface area contributed by atoms with Crippen molar-refractivity contribution in [3.05, 3.63) is 68.2 Å². The zero-order valence-corrected chi connectivity index (χ0v) is 19.1. The molecule has 3 rings (SSSR count). The minimum atomic E-state index is -3.94. The fourth-order valence-electron chi connectivity index (χ4n) is 3.32. The van der Waals surface area contributed by atoms with E-state index in [9.17, 15) is 18.5 Å². The maximum Gasteiger partial charge on any atom is 0.269 e. The van der Waals surface area contributed by atoms with Gasteiger partial charge in [-0.05, 0) is 36.7 Å². The fourth-order valence-corrected chi connectivity index (χ4v) is 5.52. The van der Waals surface area contributed by atoms with Gasteiger partial charge in [0.15, 0.2) is 0 Å². The number of hydrogen-bond donors (Lipinski definition) is 0. The zero-order valence-electron chi connectivity index (χ0n) is 16.7. The SMILES string of the molecule is O=[N+]([O-])c1ccc(CN(CCCN2CCOCC2)S(=O)(=O)c2cc(Cl)ccc2Cl)cc1. The van der Waals surface area contributed by atoms with E-state index in [1.54, 1.807) is 12.1 Å². The molecule has 0 atom stereocenters. The molecule has 0 bridgehead atoms. The first-order chi connectivity index (χ1) is 14.8. The van der Waals surface area contributed by atoms with Crippen molar-refractivity contribution in [2.75, 3.05) is 39.4 Å². The van der Waals surface area contributed by atoms with Crippen LogP contribution in [0.25, 0.3) is 0 Å². The van der Waals surface area contributed by atoms with Gasteiger partial charge in [0.25, 0.3) is 5.69 Å². The van der Waals surface area contributed by atoms with Crippen LogP contribution in [0.3, 0.4) is 0 Å². The van der Waals surface area contributed by atoms with Crippen LogP contribution in [0.5, 0.6) is 0 Å². The van der Waals surface area contributed by atoms with E-state index >= 15 is 0 Å². The average molecular weight is 488 g/mol. The van der Waals surface area contributed by atoms with Crippen molar-refractivity contribution >= 4 is 38.9 Å². The molecular weight excluding hydrogens is 465 g/mol. The first-order valence-electron chi connectivity index (χ1n) is 9.76. The number of non-ortho nitro benzene ring substituents is 1. The molecule has 1 saturated heterocycles. The van der Waals surface area contributed by atoms with Crippen molar-refractivity contribution in [2.24, 2.45) is 0 Å². The van der Waals surface area contributed by atoms with Crippen molar-refractivity contribution in [1.82, 2.24) is 9.21 Å². The molecular formula is C20H23Cl2N3O5S. The summed E-state index contributed by atoms with van der Waals surface area (Å²) in [6.07, 6.45) is 0.615. The van der Waals surface area contributed by atoms with Gasteiger partial charge in [0.1, 0.15) is 4.90 Å². The topological polar surface area (TPSA) is 93.0 Å². The standard InChI is InChI=1S/C20H23Cl2N3O5S/c21-17-4-7-19(22)20(14-17)31(28,29)24(9-1-8-23-10-12-30-13-11-23)15-16-2-5-18(6-3-16)25(26)27/h2-7,14H,1,8-13,15H2. The molecule has 11 heteroatoms. The minimum absolute atomic E-state index is 0.0524. The van der Waals surface area contributed by atoms with Gasteiger partial charge in [-0.25, -0.2) is 8.42 Å². The number of ether oxygens (including phenoxy) is 1. The van der Waals surface area contributed by atoms with E-state index in [-0.39, 0.29) is 33.7 Å². The van der Waals surface area contributed by atoms with Crippen molar-refractivity contribution in [1.29, 1.82) is 0 Å². The third-order valence-electron chi connectivity index (χ3n) is 5.00. The summed E-state index contributed by atoms with van der Waals surface area (Å²) in [6, 6.07) is 10.2. The van der Waals surface area contributed by atoms with Gasteiger partial charge in [0.05, 0.1) is 23.2 Å². The van der Waals surface area contributed by atoms with Gasteiger partial charge in [-0.1, -0.05) is 35.3 Å². The summed E-state index contributed by atoms with van der Waals surface area (Å²) in [7, 11) is -3.94. The molecule has 1 heterocycles. The highest BCUT2D eigenvalue weighted by Crippen LogP contribution is 2.29. The second kappa shape index (κ2) is 10.7. The summed E-state index contributed by atoms with van der Waals surface area (Å²) in [5.41, 5.74) is 0.585. The molecule has 8 nitrogen and oxygen atoms in total. The third kappa shape index (κ3) is 6.38. The Morgan fingerprint density at radius 3 is 2.42 bits per heavy atom. The molecule has 168 valence electrons. The van der Waals surface area contributed by atoms with Gasteiger partial charge in [-0.3, -0.25) is 15.0 Å². The molecule has 2 aromatic carbocycles. The van der Waals surface area contributed by atoms with Gasteiger partial charge in [-0.15, -0.1) is 0 Å². The fraction of sp³-hybridized carbons (Fsp3) is 0.400. The molecule has 2 aromatic rings. The largest absolute Gasteiger partial charge is 0.379 e. The lowest BCUT2D eigenvalue weighted by Gasteiger charge is -2.28. The van der Waals surface area contributed by atoms with Crippen molar-refractivity contribution in [2.45, 2.75) is 17.9 Å². The van der Waals surface area contributed by atoms with Gasteiger partial charge in [0, 0.05) is 43.3 Å². The highest BCUT2D eigenvalue weighted by molar-refractivity contribution is 7.89. The Morgan fingerprint density at radius 1 is 1.10 bits per heavy atom. The summed E-state index contributed by atoms with van der Waals surface area (Å²) < 4.78 is 33.5. The average Bonchev–Trinajstić information content (AvgIpc) is 2.75. The number of nitro groups is 1. The van der Waals surface area contributed by atoms with Crippen LogP contribution >= 0.6 is 23.2 Å². The normalized spacial score (nSPS) is 15.3. The van der Waals surface area contributed by atoms with E-state index < -0.39 is 14.9 Å². The van der Waals surface area contributed by atoms with E-state index in [1.165, 1.54) is 34.6 Å². The molecule has 0 unspecified atom stereocenters. The predicted molar refractivity (Wildman–Crippen MR) is 119 cm³/mol. The van der Waals surface area contributed by atoms with E-state index in [0.717, 1.165) is 19.6 Å². The number of nitro benzene ring substituents is 1. The molecule has 0 spiro atoms. The van der Waals surface area contributed by atoms with Crippen LogP contribution in [0, 0.1) is 10.1 Å². The molecule has 0 saturated carbocycles. The number of benzene rings is 2. The zero-order chi connectivity index (χ0) is 22.4. The second-order valence-electron chi connectivity index (χ2n) is 7.14. The van der Waals surface area contributed by atoms with Gasteiger partial charge >= 0.3 is 0 Å². The number of nitrogens with zero attached hydrogens (tertiary/aromatic N) is 3. The van der Waals surface area contributed by atoms with Crippen LogP contribution in [0.15, 0.2) is 47.4 Å². The smallest absolute Gasteiger partial charge is 0.269 e. The number of rotatable bonds is 9. The molecule has 31 heavy (non-hydrogen) atoms. The van der Waals surface area contributed by atoms with Gasteiger partial charge < -0.3 is 4.74 Å². The lowest BCUT2D eigenvalue weighted by Crippen LogP contribution is -2.39.